The first-order valence-corrected chi connectivity index (χ1v) is 6.79. The summed E-state index contributed by atoms with van der Waals surface area (Å²) in [5.41, 5.74) is 2.18. The van der Waals surface area contributed by atoms with Gasteiger partial charge in [0.15, 0.2) is 0 Å². The lowest BCUT2D eigenvalue weighted by molar-refractivity contribution is 0.0600. The number of hydrogen-bond acceptors (Lipinski definition) is 3. The summed E-state index contributed by atoms with van der Waals surface area (Å²) in [6.07, 6.45) is 0. The molecule has 5 heteroatoms. The minimum Gasteiger partial charge on any atom is -0.465 e. The Hall–Kier alpha value is -2.30. The van der Waals surface area contributed by atoms with Crippen LogP contribution in [0.5, 0.6) is 0 Å². The van der Waals surface area contributed by atoms with Crippen LogP contribution in [0.1, 0.15) is 42.4 Å². The number of hydrogen-bond donors (Lipinski definition) is 1. The maximum atomic E-state index is 12.0. The number of nitrogens with one attached hydrogen (secondary N) is 1. The van der Waals surface area contributed by atoms with Crippen LogP contribution in [0.15, 0.2) is 35.1 Å². The van der Waals surface area contributed by atoms with E-state index < -0.39 is 0 Å². The molecule has 1 aromatic heterocycles. The molecule has 2 rings (SSSR count). The molecule has 1 aromatic carbocycles. The van der Waals surface area contributed by atoms with Crippen LogP contribution < -0.4 is 5.56 Å². The Labute approximate surface area is 123 Å². The molecule has 21 heavy (non-hydrogen) atoms. The number of ether oxygens (including phenoxy) is 1. The molecule has 1 heterocycles. The fourth-order valence-corrected chi connectivity index (χ4v) is 1.98. The standard InChI is InChI=1S/C16H20N2O3/c1-16(2,3)13-9-14(19)18(17-13)10-11-5-7-12(8-6-11)15(20)21-4/h5-9,17H,10H2,1-4H3. The van der Waals surface area contributed by atoms with Crippen molar-refractivity contribution in [3.8, 4) is 0 Å². The van der Waals surface area contributed by atoms with Gasteiger partial charge in [0.05, 0.1) is 19.2 Å². The van der Waals surface area contributed by atoms with Crippen LogP contribution in [-0.2, 0) is 16.7 Å². The van der Waals surface area contributed by atoms with Crippen molar-refractivity contribution in [2.24, 2.45) is 0 Å². The lowest BCUT2D eigenvalue weighted by Gasteiger charge is -2.15. The van der Waals surface area contributed by atoms with E-state index in [0.29, 0.717) is 12.1 Å². The van der Waals surface area contributed by atoms with E-state index >= 15 is 0 Å². The molecule has 0 bridgehead atoms. The maximum absolute atomic E-state index is 12.0. The van der Waals surface area contributed by atoms with Crippen molar-refractivity contribution in [1.29, 1.82) is 0 Å². The van der Waals surface area contributed by atoms with Gasteiger partial charge in [0.2, 0.25) is 0 Å². The number of carbonyl (C=O) groups excluding carboxylic acids is 1. The number of rotatable bonds is 3. The van der Waals surface area contributed by atoms with Crippen LogP contribution in [0.2, 0.25) is 0 Å². The molecule has 0 saturated carbocycles. The van der Waals surface area contributed by atoms with E-state index in [9.17, 15) is 9.59 Å². The summed E-state index contributed by atoms with van der Waals surface area (Å²) in [7, 11) is 1.35. The Morgan fingerprint density at radius 1 is 1.24 bits per heavy atom. The Morgan fingerprint density at radius 2 is 1.86 bits per heavy atom. The molecule has 0 amide bonds. The predicted octanol–water partition coefficient (Wildman–Crippen LogP) is 2.31. The number of aromatic nitrogens is 2. The predicted molar refractivity (Wildman–Crippen MR) is 80.6 cm³/mol. The summed E-state index contributed by atoms with van der Waals surface area (Å²) < 4.78 is 6.22. The maximum Gasteiger partial charge on any atom is 0.337 e. The summed E-state index contributed by atoms with van der Waals surface area (Å²) in [5, 5.41) is 3.13. The monoisotopic (exact) mass is 288 g/mol. The van der Waals surface area contributed by atoms with Gasteiger partial charge >= 0.3 is 5.97 Å². The Bertz CT molecular complexity index is 688. The second-order valence-electron chi connectivity index (χ2n) is 6.03. The van der Waals surface area contributed by atoms with E-state index in [1.165, 1.54) is 7.11 Å². The molecule has 0 saturated heterocycles. The van der Waals surface area contributed by atoms with Gasteiger partial charge in [-0.25, -0.2) is 9.48 Å². The van der Waals surface area contributed by atoms with Gasteiger partial charge in [0.1, 0.15) is 0 Å². The molecule has 0 fully saturated rings. The summed E-state index contributed by atoms with van der Waals surface area (Å²) in [4.78, 5) is 23.3. The largest absolute Gasteiger partial charge is 0.465 e. The lowest BCUT2D eigenvalue weighted by atomic mass is 9.93. The number of carbonyl (C=O) groups is 1. The lowest BCUT2D eigenvalue weighted by Crippen LogP contribution is -2.17. The van der Waals surface area contributed by atoms with Gasteiger partial charge in [0, 0.05) is 17.2 Å². The van der Waals surface area contributed by atoms with E-state index in [1.807, 2.05) is 32.9 Å². The molecule has 0 spiro atoms. The molecule has 0 aliphatic heterocycles. The minimum atomic E-state index is -0.367. The van der Waals surface area contributed by atoms with Crippen molar-refractivity contribution in [2.45, 2.75) is 32.7 Å². The highest BCUT2D eigenvalue weighted by Gasteiger charge is 2.17. The number of nitrogens with zero attached hydrogens (tertiary/aromatic N) is 1. The number of methoxy groups -OCH3 is 1. The second-order valence-corrected chi connectivity index (χ2v) is 6.03. The normalized spacial score (nSPS) is 11.4. The average molecular weight is 288 g/mol. The van der Waals surface area contributed by atoms with Crippen LogP contribution in [0.25, 0.3) is 0 Å². The van der Waals surface area contributed by atoms with E-state index in [4.69, 9.17) is 0 Å². The third-order valence-electron chi connectivity index (χ3n) is 3.31. The van der Waals surface area contributed by atoms with E-state index in [-0.39, 0.29) is 16.9 Å². The highest BCUT2D eigenvalue weighted by Crippen LogP contribution is 2.18. The van der Waals surface area contributed by atoms with Gasteiger partial charge in [-0.2, -0.15) is 0 Å². The summed E-state index contributed by atoms with van der Waals surface area (Å²) in [5.74, 6) is -0.367. The highest BCUT2D eigenvalue weighted by atomic mass is 16.5. The van der Waals surface area contributed by atoms with Crippen molar-refractivity contribution in [3.63, 3.8) is 0 Å². The third-order valence-corrected chi connectivity index (χ3v) is 3.31. The van der Waals surface area contributed by atoms with Crippen LogP contribution in [0.3, 0.4) is 0 Å². The van der Waals surface area contributed by atoms with Crippen molar-refractivity contribution < 1.29 is 9.53 Å². The fraction of sp³-hybridized carbons (Fsp3) is 0.375. The quantitative estimate of drug-likeness (QED) is 0.881. The van der Waals surface area contributed by atoms with Crippen molar-refractivity contribution in [2.75, 3.05) is 7.11 Å². The molecule has 1 N–H and O–H groups in total. The molecule has 0 aliphatic carbocycles. The zero-order valence-corrected chi connectivity index (χ0v) is 12.8. The molecule has 0 unspecified atom stereocenters. The van der Waals surface area contributed by atoms with Crippen molar-refractivity contribution in [3.05, 3.63) is 57.5 Å². The van der Waals surface area contributed by atoms with Gasteiger partial charge in [-0.3, -0.25) is 9.89 Å². The van der Waals surface area contributed by atoms with E-state index in [2.05, 4.69) is 9.84 Å². The second kappa shape index (κ2) is 5.60. The van der Waals surface area contributed by atoms with Crippen LogP contribution in [0, 0.1) is 0 Å². The third kappa shape index (κ3) is 3.42. The number of aromatic amines is 1. The summed E-state index contributed by atoms with van der Waals surface area (Å²) in [6, 6.07) is 8.65. The molecular formula is C16H20N2O3. The smallest absolute Gasteiger partial charge is 0.337 e. The molecule has 0 atom stereocenters. The Kier molecular flexibility index (Phi) is 4.02. The zero-order valence-electron chi connectivity index (χ0n) is 12.8. The first-order valence-electron chi connectivity index (χ1n) is 6.79. The van der Waals surface area contributed by atoms with Crippen LogP contribution >= 0.6 is 0 Å². The molecular weight excluding hydrogens is 268 g/mol. The molecule has 2 aromatic rings. The van der Waals surface area contributed by atoms with Crippen LogP contribution in [0.4, 0.5) is 0 Å². The Balaban J connectivity index is 2.21. The van der Waals surface area contributed by atoms with Crippen LogP contribution in [-0.4, -0.2) is 22.9 Å². The number of benzene rings is 1. The average Bonchev–Trinajstić information content (AvgIpc) is 2.80. The molecule has 0 aliphatic rings. The number of esters is 1. The fourth-order valence-electron chi connectivity index (χ4n) is 1.98. The first-order chi connectivity index (χ1) is 9.81. The summed E-state index contributed by atoms with van der Waals surface area (Å²) in [6.45, 7) is 6.59. The Morgan fingerprint density at radius 3 is 2.33 bits per heavy atom. The summed E-state index contributed by atoms with van der Waals surface area (Å²) >= 11 is 0. The highest BCUT2D eigenvalue weighted by molar-refractivity contribution is 5.89. The van der Waals surface area contributed by atoms with Gasteiger partial charge in [-0.15, -0.1) is 0 Å². The molecule has 5 nitrogen and oxygen atoms in total. The number of H-pyrrole nitrogens is 1. The topological polar surface area (TPSA) is 64.1 Å². The molecule has 112 valence electrons. The molecule has 0 radical (unpaired) electrons. The minimum absolute atomic E-state index is 0.0584. The van der Waals surface area contributed by atoms with E-state index in [1.54, 1.807) is 22.9 Å². The van der Waals surface area contributed by atoms with Gasteiger partial charge in [0.25, 0.3) is 5.56 Å². The van der Waals surface area contributed by atoms with Gasteiger partial charge in [-0.05, 0) is 17.7 Å². The first kappa shape index (κ1) is 15.1. The SMILES string of the molecule is COC(=O)c1ccc(Cn2[nH]c(C(C)(C)C)cc2=O)cc1. The van der Waals surface area contributed by atoms with Gasteiger partial charge in [-0.1, -0.05) is 32.9 Å². The van der Waals surface area contributed by atoms with Crippen molar-refractivity contribution in [1.82, 2.24) is 9.78 Å². The van der Waals surface area contributed by atoms with Gasteiger partial charge < -0.3 is 4.74 Å². The van der Waals surface area contributed by atoms with E-state index in [0.717, 1.165) is 11.3 Å². The van der Waals surface area contributed by atoms with Crippen molar-refractivity contribution >= 4 is 5.97 Å². The zero-order chi connectivity index (χ0) is 15.6.